The van der Waals surface area contributed by atoms with Gasteiger partial charge in [-0.3, -0.25) is 14.4 Å². The molecule has 6 nitrogen and oxygen atoms in total. The molecule has 1 unspecified atom stereocenters. The smallest absolute Gasteiger partial charge is 0.306 e. The number of esters is 3. The first-order valence-electron chi connectivity index (χ1n) is 30.3. The Labute approximate surface area is 434 Å². The quantitative estimate of drug-likeness (QED) is 0.0261. The van der Waals surface area contributed by atoms with Crippen molar-refractivity contribution in [1.82, 2.24) is 0 Å². The number of unbranched alkanes of at least 4 members (excludes halogenated alkanes) is 34. The van der Waals surface area contributed by atoms with Crippen LogP contribution in [0.3, 0.4) is 0 Å². The molecule has 0 aliphatic rings. The zero-order chi connectivity index (χ0) is 50.7. The summed E-state index contributed by atoms with van der Waals surface area (Å²) >= 11 is 0. The lowest BCUT2D eigenvalue weighted by Crippen LogP contribution is -2.30. The Morgan fingerprint density at radius 2 is 0.557 bits per heavy atom. The van der Waals surface area contributed by atoms with Gasteiger partial charge in [0, 0.05) is 19.3 Å². The molecule has 0 radical (unpaired) electrons. The molecule has 70 heavy (non-hydrogen) atoms. The molecular formula is C64H114O6. The zero-order valence-corrected chi connectivity index (χ0v) is 46.5. The fraction of sp³-hybridized carbons (Fsp3) is 0.797. The van der Waals surface area contributed by atoms with E-state index < -0.39 is 6.10 Å². The molecule has 0 bridgehead atoms. The first-order valence-corrected chi connectivity index (χ1v) is 30.3. The Hall–Kier alpha value is -2.89. The van der Waals surface area contributed by atoms with Crippen molar-refractivity contribution in [3.63, 3.8) is 0 Å². The third-order valence-electron chi connectivity index (χ3n) is 13.3. The van der Waals surface area contributed by atoms with Gasteiger partial charge in [-0.1, -0.05) is 268 Å². The molecule has 0 aliphatic carbocycles. The highest BCUT2D eigenvalue weighted by molar-refractivity contribution is 5.71. The van der Waals surface area contributed by atoms with E-state index in [-0.39, 0.29) is 31.1 Å². The van der Waals surface area contributed by atoms with E-state index in [1.807, 2.05) is 0 Å². The van der Waals surface area contributed by atoms with Gasteiger partial charge in [0.05, 0.1) is 0 Å². The third kappa shape index (κ3) is 56.0. The minimum Gasteiger partial charge on any atom is -0.462 e. The second-order valence-corrected chi connectivity index (χ2v) is 20.2. The van der Waals surface area contributed by atoms with Gasteiger partial charge in [0.1, 0.15) is 13.2 Å². The summed E-state index contributed by atoms with van der Waals surface area (Å²) in [6.45, 7) is 6.51. The summed E-state index contributed by atoms with van der Waals surface area (Å²) in [5, 5.41) is 0. The fourth-order valence-corrected chi connectivity index (χ4v) is 8.72. The predicted octanol–water partition coefficient (Wildman–Crippen LogP) is 20.4. The summed E-state index contributed by atoms with van der Waals surface area (Å²) < 4.78 is 16.9. The summed E-state index contributed by atoms with van der Waals surface area (Å²) in [6, 6.07) is 0. The largest absolute Gasteiger partial charge is 0.462 e. The van der Waals surface area contributed by atoms with Crippen LogP contribution in [0.25, 0.3) is 0 Å². The molecule has 0 aromatic rings. The van der Waals surface area contributed by atoms with Crippen LogP contribution in [0.5, 0.6) is 0 Å². The molecule has 406 valence electrons. The molecule has 1 atom stereocenters. The first-order chi connectivity index (χ1) is 34.5. The highest BCUT2D eigenvalue weighted by Crippen LogP contribution is 2.17. The third-order valence-corrected chi connectivity index (χ3v) is 13.3. The Bertz CT molecular complexity index is 1260. The minimum absolute atomic E-state index is 0.0825. The van der Waals surface area contributed by atoms with Gasteiger partial charge in [0.25, 0.3) is 0 Å². The highest BCUT2D eigenvalue weighted by atomic mass is 16.6. The van der Waals surface area contributed by atoms with Crippen LogP contribution in [0.4, 0.5) is 0 Å². The summed E-state index contributed by atoms with van der Waals surface area (Å²) in [4.78, 5) is 38.2. The topological polar surface area (TPSA) is 78.9 Å². The van der Waals surface area contributed by atoms with Crippen molar-refractivity contribution in [2.45, 2.75) is 316 Å². The fourth-order valence-electron chi connectivity index (χ4n) is 8.72. The monoisotopic (exact) mass is 979 g/mol. The molecule has 0 aliphatic heterocycles. The van der Waals surface area contributed by atoms with Crippen LogP contribution in [-0.2, 0) is 28.6 Å². The van der Waals surface area contributed by atoms with E-state index >= 15 is 0 Å². The van der Waals surface area contributed by atoms with Crippen molar-refractivity contribution in [1.29, 1.82) is 0 Å². The van der Waals surface area contributed by atoms with Crippen LogP contribution in [0.15, 0.2) is 60.8 Å². The van der Waals surface area contributed by atoms with Crippen molar-refractivity contribution in [2.75, 3.05) is 13.2 Å². The highest BCUT2D eigenvalue weighted by Gasteiger charge is 2.19. The van der Waals surface area contributed by atoms with E-state index in [0.29, 0.717) is 19.3 Å². The number of allylic oxidation sites excluding steroid dienone is 10. The number of carbonyl (C=O) groups excluding carboxylic acids is 3. The van der Waals surface area contributed by atoms with Crippen molar-refractivity contribution in [3.8, 4) is 0 Å². The summed E-state index contributed by atoms with van der Waals surface area (Å²) in [5.41, 5.74) is 0. The normalized spacial score (nSPS) is 12.4. The van der Waals surface area contributed by atoms with Crippen LogP contribution in [-0.4, -0.2) is 37.2 Å². The SMILES string of the molecule is CC/C=C\C/C=C\C/C=C\CCCCCC(=O)OCC(COC(=O)CCCCCCCCCCCCCCCCCCCCCC)OC(=O)CCCCCCCCCCC/C=C\C/C=C\CCCCC. The Kier molecular flexibility index (Phi) is 56.3. The lowest BCUT2D eigenvalue weighted by molar-refractivity contribution is -0.167. The van der Waals surface area contributed by atoms with E-state index in [9.17, 15) is 14.4 Å². The maximum atomic E-state index is 12.9. The van der Waals surface area contributed by atoms with Gasteiger partial charge in [0.15, 0.2) is 6.10 Å². The van der Waals surface area contributed by atoms with E-state index in [1.54, 1.807) is 0 Å². The van der Waals surface area contributed by atoms with Crippen LogP contribution < -0.4 is 0 Å². The predicted molar refractivity (Wildman–Crippen MR) is 302 cm³/mol. The van der Waals surface area contributed by atoms with E-state index in [4.69, 9.17) is 14.2 Å². The van der Waals surface area contributed by atoms with Crippen molar-refractivity contribution in [3.05, 3.63) is 60.8 Å². The Morgan fingerprint density at radius 3 is 0.914 bits per heavy atom. The van der Waals surface area contributed by atoms with Crippen LogP contribution >= 0.6 is 0 Å². The van der Waals surface area contributed by atoms with Crippen molar-refractivity contribution < 1.29 is 28.6 Å². The van der Waals surface area contributed by atoms with Crippen molar-refractivity contribution in [2.24, 2.45) is 0 Å². The molecule has 0 aromatic heterocycles. The molecule has 0 fully saturated rings. The van der Waals surface area contributed by atoms with Crippen LogP contribution in [0.2, 0.25) is 0 Å². The second kappa shape index (κ2) is 58.7. The van der Waals surface area contributed by atoms with E-state index in [1.165, 1.54) is 180 Å². The Morgan fingerprint density at radius 1 is 0.300 bits per heavy atom. The lowest BCUT2D eigenvalue weighted by atomic mass is 10.0. The van der Waals surface area contributed by atoms with Gasteiger partial charge < -0.3 is 14.2 Å². The van der Waals surface area contributed by atoms with Gasteiger partial charge >= 0.3 is 17.9 Å². The summed E-state index contributed by atoms with van der Waals surface area (Å²) in [6.07, 6.45) is 73.6. The van der Waals surface area contributed by atoms with E-state index in [0.717, 1.165) is 89.9 Å². The average molecular weight is 980 g/mol. The molecule has 0 spiro atoms. The van der Waals surface area contributed by atoms with Crippen LogP contribution in [0, 0.1) is 0 Å². The van der Waals surface area contributed by atoms with Crippen LogP contribution in [0.1, 0.15) is 310 Å². The second-order valence-electron chi connectivity index (χ2n) is 20.2. The van der Waals surface area contributed by atoms with Gasteiger partial charge in [0.2, 0.25) is 0 Å². The lowest BCUT2D eigenvalue weighted by Gasteiger charge is -2.18. The minimum atomic E-state index is -0.787. The maximum Gasteiger partial charge on any atom is 0.306 e. The number of ether oxygens (including phenoxy) is 3. The molecule has 0 heterocycles. The average Bonchev–Trinajstić information content (AvgIpc) is 3.36. The van der Waals surface area contributed by atoms with E-state index in [2.05, 4.69) is 81.5 Å². The molecule has 0 N–H and O–H groups in total. The van der Waals surface area contributed by atoms with Gasteiger partial charge in [-0.05, 0) is 83.5 Å². The molecule has 6 heteroatoms. The van der Waals surface area contributed by atoms with Gasteiger partial charge in [-0.15, -0.1) is 0 Å². The molecule has 0 saturated heterocycles. The summed E-state index contributed by atoms with van der Waals surface area (Å²) in [5.74, 6) is -0.903. The number of hydrogen-bond acceptors (Lipinski definition) is 6. The zero-order valence-electron chi connectivity index (χ0n) is 46.5. The number of hydrogen-bond donors (Lipinski definition) is 0. The molecule has 0 aromatic carbocycles. The van der Waals surface area contributed by atoms with Gasteiger partial charge in [-0.25, -0.2) is 0 Å². The molecule has 0 rings (SSSR count). The standard InChI is InChI=1S/C64H114O6/c1-4-7-10-13-16-19-22-25-27-29-31-33-34-36-39-42-45-48-51-54-57-63(66)69-60-61(59-68-62(65)56-53-50-47-44-41-38-24-21-18-15-12-9-6-3)70-64(67)58-55-52-49-46-43-40-37-35-32-30-28-26-23-20-17-14-11-8-5-2/h9,12,17-18,20-21,26,28,38,41,61H,4-8,10-11,13-16,19,22-25,27,29-37,39-40,42-60H2,1-3H3/b12-9-,20-17-,21-18-,28-26-,41-38-. The maximum absolute atomic E-state index is 12.9. The Balaban J connectivity index is 4.34. The first kappa shape index (κ1) is 67.1. The van der Waals surface area contributed by atoms with Crippen molar-refractivity contribution >= 4 is 17.9 Å². The molecule has 0 saturated carbocycles. The summed E-state index contributed by atoms with van der Waals surface area (Å²) in [7, 11) is 0. The molecular weight excluding hydrogens is 865 g/mol. The molecule has 0 amide bonds. The number of carbonyl (C=O) groups is 3. The van der Waals surface area contributed by atoms with Gasteiger partial charge in [-0.2, -0.15) is 0 Å². The number of rotatable bonds is 55.